The molecule has 0 heterocycles. The van der Waals surface area contributed by atoms with E-state index >= 15 is 0 Å². The van der Waals surface area contributed by atoms with Crippen LogP contribution in [0.4, 0.5) is 11.4 Å². The highest BCUT2D eigenvalue weighted by Gasteiger charge is 2.10. The number of benzene rings is 2. The Morgan fingerprint density at radius 2 is 1.86 bits per heavy atom. The number of hydrogen-bond acceptors (Lipinski definition) is 4. The lowest BCUT2D eigenvalue weighted by atomic mass is 10.2. The maximum atomic E-state index is 11.0. The molecule has 0 saturated carbocycles. The molecule has 0 atom stereocenters. The molecule has 2 rings (SSSR count). The lowest BCUT2D eigenvalue weighted by Crippen LogP contribution is -2.15. The standard InChI is InChI=1S/C16H17N3O2/c1-3-18(15-10-8-13(2)9-11-15)17-12-14-6-4-5-7-16(14)19(20)21/h4-12H,3H2,1-2H3/b17-12-. The molecular weight excluding hydrogens is 266 g/mol. The molecule has 0 unspecified atom stereocenters. The van der Waals surface area contributed by atoms with Crippen LogP contribution in [-0.4, -0.2) is 17.7 Å². The number of nitro benzene ring substituents is 1. The Bertz CT molecular complexity index is 651. The molecule has 5 heteroatoms. The van der Waals surface area contributed by atoms with Crippen LogP contribution >= 0.6 is 0 Å². The summed E-state index contributed by atoms with van der Waals surface area (Å²) in [4.78, 5) is 10.6. The van der Waals surface area contributed by atoms with Crippen LogP contribution in [-0.2, 0) is 0 Å². The molecule has 0 bridgehead atoms. The molecule has 0 N–H and O–H groups in total. The molecule has 2 aromatic rings. The molecule has 0 aromatic heterocycles. The zero-order valence-corrected chi connectivity index (χ0v) is 12.1. The highest BCUT2D eigenvalue weighted by atomic mass is 16.6. The molecule has 0 amide bonds. The van der Waals surface area contributed by atoms with Gasteiger partial charge in [-0.1, -0.05) is 29.8 Å². The zero-order valence-electron chi connectivity index (χ0n) is 12.1. The third-order valence-electron chi connectivity index (χ3n) is 3.10. The fraction of sp³-hybridized carbons (Fsp3) is 0.188. The molecule has 0 saturated heterocycles. The van der Waals surface area contributed by atoms with E-state index in [1.165, 1.54) is 17.8 Å². The largest absolute Gasteiger partial charge is 0.278 e. The van der Waals surface area contributed by atoms with E-state index in [4.69, 9.17) is 0 Å². The first-order chi connectivity index (χ1) is 10.1. The fourth-order valence-electron chi connectivity index (χ4n) is 1.94. The average molecular weight is 283 g/mol. The van der Waals surface area contributed by atoms with Crippen LogP contribution in [0.15, 0.2) is 53.6 Å². The maximum absolute atomic E-state index is 11.0. The Labute approximate surface area is 123 Å². The molecule has 0 aliphatic rings. The third kappa shape index (κ3) is 3.66. The van der Waals surface area contributed by atoms with Gasteiger partial charge in [0.2, 0.25) is 0 Å². The van der Waals surface area contributed by atoms with Gasteiger partial charge in [0.25, 0.3) is 5.69 Å². The molecular formula is C16H17N3O2. The molecule has 5 nitrogen and oxygen atoms in total. The number of anilines is 1. The van der Waals surface area contributed by atoms with Crippen molar-refractivity contribution in [1.82, 2.24) is 0 Å². The number of hydrogen-bond donors (Lipinski definition) is 0. The molecule has 21 heavy (non-hydrogen) atoms. The van der Waals surface area contributed by atoms with Crippen molar-refractivity contribution in [3.8, 4) is 0 Å². The summed E-state index contributed by atoms with van der Waals surface area (Å²) in [6.07, 6.45) is 1.53. The summed E-state index contributed by atoms with van der Waals surface area (Å²) in [6.45, 7) is 4.69. The molecule has 0 fully saturated rings. The molecule has 2 aromatic carbocycles. The van der Waals surface area contributed by atoms with Crippen LogP contribution in [0.2, 0.25) is 0 Å². The first-order valence-corrected chi connectivity index (χ1v) is 6.73. The van der Waals surface area contributed by atoms with E-state index < -0.39 is 4.92 Å². The van der Waals surface area contributed by atoms with Gasteiger partial charge in [0.1, 0.15) is 0 Å². The van der Waals surface area contributed by atoms with E-state index in [1.54, 1.807) is 23.2 Å². The van der Waals surface area contributed by atoms with Gasteiger partial charge in [-0.3, -0.25) is 15.1 Å². The second kappa shape index (κ2) is 6.65. The molecule has 0 spiro atoms. The van der Waals surface area contributed by atoms with Gasteiger partial charge in [-0.25, -0.2) is 0 Å². The van der Waals surface area contributed by atoms with Gasteiger partial charge in [-0.15, -0.1) is 0 Å². The average Bonchev–Trinajstić information content (AvgIpc) is 2.50. The van der Waals surface area contributed by atoms with Gasteiger partial charge in [0.15, 0.2) is 0 Å². The zero-order chi connectivity index (χ0) is 15.2. The van der Waals surface area contributed by atoms with Crippen molar-refractivity contribution in [3.05, 3.63) is 69.8 Å². The van der Waals surface area contributed by atoms with Gasteiger partial charge in [-0.05, 0) is 32.0 Å². The predicted molar refractivity (Wildman–Crippen MR) is 84.9 cm³/mol. The number of rotatable bonds is 5. The fourth-order valence-corrected chi connectivity index (χ4v) is 1.94. The number of para-hydroxylation sites is 1. The Morgan fingerprint density at radius 3 is 2.48 bits per heavy atom. The number of hydrazone groups is 1. The third-order valence-corrected chi connectivity index (χ3v) is 3.10. The maximum Gasteiger partial charge on any atom is 0.278 e. The smallest absolute Gasteiger partial charge is 0.266 e. The van der Waals surface area contributed by atoms with Crippen LogP contribution in [0.3, 0.4) is 0 Å². The minimum atomic E-state index is -0.399. The van der Waals surface area contributed by atoms with E-state index in [2.05, 4.69) is 5.10 Å². The van der Waals surface area contributed by atoms with Crippen molar-refractivity contribution in [2.75, 3.05) is 11.6 Å². The summed E-state index contributed by atoms with van der Waals surface area (Å²) in [5, 5.41) is 17.1. The summed E-state index contributed by atoms with van der Waals surface area (Å²) in [7, 11) is 0. The highest BCUT2D eigenvalue weighted by Crippen LogP contribution is 2.18. The molecule has 0 aliphatic heterocycles. The number of nitro groups is 1. The van der Waals surface area contributed by atoms with E-state index in [-0.39, 0.29) is 5.69 Å². The van der Waals surface area contributed by atoms with E-state index in [0.29, 0.717) is 12.1 Å². The van der Waals surface area contributed by atoms with Crippen LogP contribution in [0.25, 0.3) is 0 Å². The second-order valence-corrected chi connectivity index (χ2v) is 4.61. The first kappa shape index (κ1) is 14.7. The van der Waals surface area contributed by atoms with Crippen molar-refractivity contribution in [2.45, 2.75) is 13.8 Å². The van der Waals surface area contributed by atoms with Crippen molar-refractivity contribution in [3.63, 3.8) is 0 Å². The summed E-state index contributed by atoms with van der Waals surface area (Å²) in [5.74, 6) is 0. The van der Waals surface area contributed by atoms with E-state index in [9.17, 15) is 10.1 Å². The van der Waals surface area contributed by atoms with E-state index in [1.807, 2.05) is 38.1 Å². The van der Waals surface area contributed by atoms with Gasteiger partial charge in [0.05, 0.1) is 22.4 Å². The summed E-state index contributed by atoms with van der Waals surface area (Å²) < 4.78 is 0. The Balaban J connectivity index is 2.26. The lowest BCUT2D eigenvalue weighted by molar-refractivity contribution is -0.385. The summed E-state index contributed by atoms with van der Waals surface area (Å²) in [6, 6.07) is 14.6. The Kier molecular flexibility index (Phi) is 4.66. The Hall–Kier alpha value is -2.69. The van der Waals surface area contributed by atoms with Gasteiger partial charge < -0.3 is 0 Å². The monoisotopic (exact) mass is 283 g/mol. The van der Waals surface area contributed by atoms with Crippen molar-refractivity contribution < 1.29 is 4.92 Å². The quantitative estimate of drug-likeness (QED) is 0.477. The number of aryl methyl sites for hydroxylation is 1. The van der Waals surface area contributed by atoms with Gasteiger partial charge >= 0.3 is 0 Å². The molecule has 108 valence electrons. The summed E-state index contributed by atoms with van der Waals surface area (Å²) in [5.41, 5.74) is 2.68. The van der Waals surface area contributed by atoms with Crippen LogP contribution in [0, 0.1) is 17.0 Å². The lowest BCUT2D eigenvalue weighted by Gasteiger charge is -2.16. The topological polar surface area (TPSA) is 58.7 Å². The minimum absolute atomic E-state index is 0.0567. The first-order valence-electron chi connectivity index (χ1n) is 6.73. The van der Waals surface area contributed by atoms with Gasteiger partial charge in [0, 0.05) is 12.6 Å². The SMILES string of the molecule is CCN(/N=C\c1ccccc1[N+](=O)[O-])c1ccc(C)cc1. The summed E-state index contributed by atoms with van der Waals surface area (Å²) >= 11 is 0. The minimum Gasteiger partial charge on any atom is -0.266 e. The van der Waals surface area contributed by atoms with Crippen molar-refractivity contribution in [1.29, 1.82) is 0 Å². The van der Waals surface area contributed by atoms with Crippen LogP contribution in [0.5, 0.6) is 0 Å². The second-order valence-electron chi connectivity index (χ2n) is 4.61. The van der Waals surface area contributed by atoms with Crippen molar-refractivity contribution >= 4 is 17.6 Å². The van der Waals surface area contributed by atoms with Crippen LogP contribution in [0.1, 0.15) is 18.1 Å². The molecule has 0 radical (unpaired) electrons. The predicted octanol–water partition coefficient (Wildman–Crippen LogP) is 3.76. The highest BCUT2D eigenvalue weighted by molar-refractivity contribution is 5.85. The van der Waals surface area contributed by atoms with Crippen LogP contribution < -0.4 is 5.01 Å². The van der Waals surface area contributed by atoms with Gasteiger partial charge in [-0.2, -0.15) is 5.10 Å². The van der Waals surface area contributed by atoms with E-state index in [0.717, 1.165) is 5.69 Å². The normalized spacial score (nSPS) is 10.8. The number of nitrogens with zero attached hydrogens (tertiary/aromatic N) is 3. The molecule has 0 aliphatic carbocycles. The Morgan fingerprint density at radius 1 is 1.19 bits per heavy atom. The van der Waals surface area contributed by atoms with Crippen molar-refractivity contribution in [2.24, 2.45) is 5.10 Å².